The highest BCUT2D eigenvalue weighted by molar-refractivity contribution is 5.73. The fraction of sp³-hybridized carbons (Fsp3) is 0.750. The summed E-state index contributed by atoms with van der Waals surface area (Å²) in [6, 6.07) is 4.87. The first-order valence-electron chi connectivity index (χ1n) is 13.9. The molecule has 190 valence electrons. The smallest absolute Gasteiger partial charge is 0.404 e. The summed E-state index contributed by atoms with van der Waals surface area (Å²) in [6.07, 6.45) is 13.6. The van der Waals surface area contributed by atoms with E-state index in [4.69, 9.17) is 4.42 Å². The van der Waals surface area contributed by atoms with Crippen molar-refractivity contribution in [1.82, 2.24) is 14.4 Å². The van der Waals surface area contributed by atoms with Crippen molar-refractivity contribution in [3.8, 4) is 0 Å². The number of benzene rings is 1. The van der Waals surface area contributed by atoms with Gasteiger partial charge in [0.1, 0.15) is 0 Å². The van der Waals surface area contributed by atoms with Crippen LogP contribution in [0.1, 0.15) is 90.6 Å². The minimum absolute atomic E-state index is 0.0829. The quantitative estimate of drug-likeness (QED) is 0.377. The van der Waals surface area contributed by atoms with Crippen LogP contribution in [-0.4, -0.2) is 47.1 Å². The predicted molar refractivity (Wildman–Crippen MR) is 137 cm³/mol. The maximum absolute atomic E-state index is 14.4. The van der Waals surface area contributed by atoms with E-state index in [1.54, 1.807) is 10.6 Å². The lowest BCUT2D eigenvalue weighted by Gasteiger charge is -2.39. The Morgan fingerprint density at radius 3 is 2.21 bits per heavy atom. The highest BCUT2D eigenvalue weighted by Gasteiger charge is 2.30. The fourth-order valence-corrected chi connectivity index (χ4v) is 6.10. The topological polar surface area (TPSA) is 41.6 Å². The molecule has 0 bridgehead atoms. The van der Waals surface area contributed by atoms with Crippen molar-refractivity contribution in [2.45, 2.75) is 90.6 Å². The number of piperidine rings is 2. The highest BCUT2D eigenvalue weighted by atomic mass is 19.1. The SMILES string of the molecule is CCCCC1CCN(CCC(N2CCC(CCCC)CC2)n2c(=O)oc3c(F)cccc32)CC1. The molecular formula is C28H44FN3O2. The largest absolute Gasteiger partial charge is 0.421 e. The molecule has 0 saturated carbocycles. The van der Waals surface area contributed by atoms with Crippen LogP contribution in [0.15, 0.2) is 27.4 Å². The van der Waals surface area contributed by atoms with Gasteiger partial charge in [-0.25, -0.2) is 9.18 Å². The second-order valence-electron chi connectivity index (χ2n) is 10.6. The van der Waals surface area contributed by atoms with Crippen molar-refractivity contribution in [2.75, 3.05) is 32.7 Å². The maximum atomic E-state index is 14.4. The van der Waals surface area contributed by atoms with Crippen LogP contribution in [0.3, 0.4) is 0 Å². The number of fused-ring (bicyclic) bond motifs is 1. The molecule has 2 saturated heterocycles. The first-order chi connectivity index (χ1) is 16.6. The molecule has 5 nitrogen and oxygen atoms in total. The lowest BCUT2D eigenvalue weighted by molar-refractivity contribution is 0.0656. The second-order valence-corrected chi connectivity index (χ2v) is 10.6. The third-order valence-electron chi connectivity index (χ3n) is 8.30. The van der Waals surface area contributed by atoms with E-state index in [0.717, 1.165) is 51.0 Å². The maximum Gasteiger partial charge on any atom is 0.421 e. The van der Waals surface area contributed by atoms with E-state index in [0.29, 0.717) is 5.52 Å². The Morgan fingerprint density at radius 2 is 1.59 bits per heavy atom. The first kappa shape index (κ1) is 25.4. The lowest BCUT2D eigenvalue weighted by atomic mass is 9.91. The van der Waals surface area contributed by atoms with Gasteiger partial charge < -0.3 is 9.32 Å². The number of halogens is 1. The molecule has 0 N–H and O–H groups in total. The standard InChI is InChI=1S/C28H44FN3O2/c1-3-5-8-22-12-17-30(18-13-22)19-16-26(31-20-14-23(15-21-31)9-6-4-2)32-25-11-7-10-24(29)27(25)34-28(32)33/h7,10-11,22-23,26H,3-6,8-9,12-21H2,1-2H3. The highest BCUT2D eigenvalue weighted by Crippen LogP contribution is 2.31. The molecule has 0 spiro atoms. The molecule has 2 fully saturated rings. The zero-order valence-corrected chi connectivity index (χ0v) is 21.3. The summed E-state index contributed by atoms with van der Waals surface area (Å²) in [6.45, 7) is 9.78. The van der Waals surface area contributed by atoms with E-state index in [2.05, 4.69) is 23.6 Å². The van der Waals surface area contributed by atoms with Crippen LogP contribution in [0.4, 0.5) is 4.39 Å². The minimum atomic E-state index is -0.459. The summed E-state index contributed by atoms with van der Waals surface area (Å²) in [5.41, 5.74) is 0.674. The normalized spacial score (nSPS) is 20.3. The van der Waals surface area contributed by atoms with Gasteiger partial charge in [-0.05, 0) is 69.2 Å². The predicted octanol–water partition coefficient (Wildman–Crippen LogP) is 6.43. The van der Waals surface area contributed by atoms with E-state index in [1.807, 2.05) is 6.07 Å². The van der Waals surface area contributed by atoms with Crippen LogP contribution in [0, 0.1) is 17.7 Å². The molecule has 0 amide bonds. The summed E-state index contributed by atoms with van der Waals surface area (Å²) in [5, 5.41) is 0. The first-order valence-corrected chi connectivity index (χ1v) is 13.9. The summed E-state index contributed by atoms with van der Waals surface area (Å²) in [7, 11) is 0. The average Bonchev–Trinajstić information content (AvgIpc) is 3.20. The molecule has 2 aromatic rings. The van der Waals surface area contributed by atoms with Crippen LogP contribution in [-0.2, 0) is 0 Å². The zero-order chi connectivity index (χ0) is 23.9. The zero-order valence-electron chi connectivity index (χ0n) is 21.3. The Morgan fingerprint density at radius 1 is 0.971 bits per heavy atom. The number of rotatable bonds is 11. The number of hydrogen-bond acceptors (Lipinski definition) is 4. The molecule has 1 aromatic carbocycles. The van der Waals surface area contributed by atoms with Gasteiger partial charge in [0.05, 0.1) is 11.7 Å². The van der Waals surface area contributed by atoms with Crippen LogP contribution in [0.5, 0.6) is 0 Å². The Balaban J connectivity index is 1.47. The van der Waals surface area contributed by atoms with Gasteiger partial charge in [-0.3, -0.25) is 9.47 Å². The van der Waals surface area contributed by atoms with Gasteiger partial charge in [0, 0.05) is 19.6 Å². The second kappa shape index (κ2) is 12.3. The van der Waals surface area contributed by atoms with Crippen LogP contribution >= 0.6 is 0 Å². The molecule has 4 rings (SSSR count). The van der Waals surface area contributed by atoms with Gasteiger partial charge in [0.25, 0.3) is 0 Å². The Labute approximate surface area is 204 Å². The number of oxazole rings is 1. The summed E-state index contributed by atoms with van der Waals surface area (Å²) in [5.74, 6) is 0.767. The molecule has 1 atom stereocenters. The van der Waals surface area contributed by atoms with E-state index in [1.165, 1.54) is 70.3 Å². The van der Waals surface area contributed by atoms with Crippen molar-refractivity contribution in [2.24, 2.45) is 11.8 Å². The van der Waals surface area contributed by atoms with E-state index >= 15 is 0 Å². The third-order valence-corrected chi connectivity index (χ3v) is 8.30. The summed E-state index contributed by atoms with van der Waals surface area (Å²) < 4.78 is 21.5. The molecule has 3 heterocycles. The summed E-state index contributed by atoms with van der Waals surface area (Å²) in [4.78, 5) is 18.0. The van der Waals surface area contributed by atoms with Crippen molar-refractivity contribution in [1.29, 1.82) is 0 Å². The molecule has 34 heavy (non-hydrogen) atoms. The molecular weight excluding hydrogens is 429 g/mol. The average molecular weight is 474 g/mol. The molecule has 1 aromatic heterocycles. The van der Waals surface area contributed by atoms with Gasteiger partial charge in [-0.2, -0.15) is 0 Å². The van der Waals surface area contributed by atoms with Crippen LogP contribution in [0.2, 0.25) is 0 Å². The molecule has 6 heteroatoms. The minimum Gasteiger partial charge on any atom is -0.404 e. The van der Waals surface area contributed by atoms with Gasteiger partial charge in [-0.15, -0.1) is 0 Å². The van der Waals surface area contributed by atoms with Crippen molar-refractivity contribution < 1.29 is 8.81 Å². The number of para-hydroxylation sites is 1. The van der Waals surface area contributed by atoms with Crippen molar-refractivity contribution in [3.63, 3.8) is 0 Å². The number of nitrogens with zero attached hydrogens (tertiary/aromatic N) is 3. The number of likely N-dealkylation sites (tertiary alicyclic amines) is 2. The Hall–Kier alpha value is -1.66. The van der Waals surface area contributed by atoms with E-state index < -0.39 is 11.6 Å². The van der Waals surface area contributed by atoms with Crippen molar-refractivity contribution in [3.05, 3.63) is 34.6 Å². The molecule has 0 radical (unpaired) electrons. The summed E-state index contributed by atoms with van der Waals surface area (Å²) >= 11 is 0. The monoisotopic (exact) mass is 473 g/mol. The van der Waals surface area contributed by atoms with E-state index in [-0.39, 0.29) is 11.7 Å². The van der Waals surface area contributed by atoms with Gasteiger partial charge >= 0.3 is 5.76 Å². The molecule has 2 aliphatic rings. The Kier molecular flexibility index (Phi) is 9.24. The Bertz CT molecular complexity index is 939. The van der Waals surface area contributed by atoms with Gasteiger partial charge in [0.2, 0.25) is 0 Å². The number of unbranched alkanes of at least 4 members (excludes halogenated alkanes) is 2. The molecule has 0 aliphatic carbocycles. The van der Waals surface area contributed by atoms with E-state index in [9.17, 15) is 9.18 Å². The van der Waals surface area contributed by atoms with Gasteiger partial charge in [0.15, 0.2) is 11.4 Å². The number of aromatic nitrogens is 1. The molecule has 2 aliphatic heterocycles. The van der Waals surface area contributed by atoms with Crippen molar-refractivity contribution >= 4 is 11.1 Å². The van der Waals surface area contributed by atoms with Crippen LogP contribution < -0.4 is 5.76 Å². The lowest BCUT2D eigenvalue weighted by Crippen LogP contribution is -2.44. The van der Waals surface area contributed by atoms with Crippen LogP contribution in [0.25, 0.3) is 11.1 Å². The fourth-order valence-electron chi connectivity index (χ4n) is 6.10. The molecule has 1 unspecified atom stereocenters. The number of hydrogen-bond donors (Lipinski definition) is 0. The van der Waals surface area contributed by atoms with Gasteiger partial charge in [-0.1, -0.05) is 58.4 Å². The third kappa shape index (κ3) is 6.12.